The number of hydrogen-bond donors (Lipinski definition) is 1. The topological polar surface area (TPSA) is 64.1 Å². The fraction of sp³-hybridized carbons (Fsp3) is 0.739. The first-order valence-corrected chi connectivity index (χ1v) is 13.3. The average molecular weight is 436 g/mol. The SMILES string of the molecule is Cc1cccc(N2CCC(O)(CN3CCC[C@@H]4[C@H]3CCCCN4S(C)(=O)=O)CC2)c1. The van der Waals surface area contributed by atoms with Gasteiger partial charge < -0.3 is 10.0 Å². The van der Waals surface area contributed by atoms with Crippen molar-refractivity contribution < 1.29 is 13.5 Å². The highest BCUT2D eigenvalue weighted by Crippen LogP contribution is 2.34. The Morgan fingerprint density at radius 2 is 1.77 bits per heavy atom. The molecular formula is C23H37N3O3S. The van der Waals surface area contributed by atoms with Gasteiger partial charge in [-0.15, -0.1) is 0 Å². The van der Waals surface area contributed by atoms with Crippen molar-refractivity contribution in [3.05, 3.63) is 29.8 Å². The van der Waals surface area contributed by atoms with Crippen molar-refractivity contribution in [1.29, 1.82) is 0 Å². The maximum atomic E-state index is 12.4. The molecule has 3 fully saturated rings. The minimum atomic E-state index is -3.20. The summed E-state index contributed by atoms with van der Waals surface area (Å²) in [6, 6.07) is 8.87. The second-order valence-corrected chi connectivity index (χ2v) is 11.6. The van der Waals surface area contributed by atoms with Crippen molar-refractivity contribution in [2.75, 3.05) is 43.9 Å². The summed E-state index contributed by atoms with van der Waals surface area (Å²) >= 11 is 0. The number of likely N-dealkylation sites (tertiary alicyclic amines) is 1. The number of anilines is 1. The van der Waals surface area contributed by atoms with E-state index >= 15 is 0 Å². The zero-order chi connectivity index (χ0) is 21.4. The fourth-order valence-corrected chi connectivity index (χ4v) is 6.95. The van der Waals surface area contributed by atoms with Crippen molar-refractivity contribution in [3.8, 4) is 0 Å². The van der Waals surface area contributed by atoms with Gasteiger partial charge in [0.05, 0.1) is 11.9 Å². The van der Waals surface area contributed by atoms with Crippen LogP contribution in [0.2, 0.25) is 0 Å². The molecule has 168 valence electrons. The normalized spacial score (nSPS) is 28.7. The molecule has 0 unspecified atom stereocenters. The number of fused-ring (bicyclic) bond motifs is 1. The Kier molecular flexibility index (Phi) is 6.45. The molecule has 1 N–H and O–H groups in total. The summed E-state index contributed by atoms with van der Waals surface area (Å²) in [5, 5.41) is 11.4. The highest BCUT2D eigenvalue weighted by atomic mass is 32.2. The van der Waals surface area contributed by atoms with E-state index in [1.165, 1.54) is 17.5 Å². The Morgan fingerprint density at radius 1 is 1.03 bits per heavy atom. The highest BCUT2D eigenvalue weighted by Gasteiger charge is 2.43. The van der Waals surface area contributed by atoms with Crippen molar-refractivity contribution in [1.82, 2.24) is 9.21 Å². The summed E-state index contributed by atoms with van der Waals surface area (Å²) in [4.78, 5) is 4.79. The third-order valence-electron chi connectivity index (χ3n) is 7.34. The molecule has 0 spiro atoms. The van der Waals surface area contributed by atoms with Crippen molar-refractivity contribution >= 4 is 15.7 Å². The molecule has 0 saturated carbocycles. The van der Waals surface area contributed by atoms with Crippen LogP contribution in [0.5, 0.6) is 0 Å². The lowest BCUT2D eigenvalue weighted by Gasteiger charge is -2.48. The highest BCUT2D eigenvalue weighted by molar-refractivity contribution is 7.88. The van der Waals surface area contributed by atoms with Crippen LogP contribution in [0.15, 0.2) is 24.3 Å². The molecule has 2 atom stereocenters. The molecule has 0 bridgehead atoms. The van der Waals surface area contributed by atoms with Gasteiger partial charge in [0.2, 0.25) is 10.0 Å². The van der Waals surface area contributed by atoms with Crippen LogP contribution in [-0.2, 0) is 10.0 Å². The first-order chi connectivity index (χ1) is 14.3. The van der Waals surface area contributed by atoms with Crippen LogP contribution in [0.3, 0.4) is 0 Å². The minimum Gasteiger partial charge on any atom is -0.388 e. The molecule has 3 aliphatic rings. The second-order valence-electron chi connectivity index (χ2n) is 9.67. The van der Waals surface area contributed by atoms with E-state index in [4.69, 9.17) is 0 Å². The molecule has 6 nitrogen and oxygen atoms in total. The van der Waals surface area contributed by atoms with Crippen LogP contribution < -0.4 is 4.90 Å². The average Bonchev–Trinajstić information content (AvgIpc) is 2.92. The van der Waals surface area contributed by atoms with Crippen molar-refractivity contribution in [2.24, 2.45) is 0 Å². The first-order valence-electron chi connectivity index (χ1n) is 11.5. The Morgan fingerprint density at radius 3 is 2.47 bits per heavy atom. The number of piperidine rings is 2. The van der Waals surface area contributed by atoms with Gasteiger partial charge in [-0.2, -0.15) is 4.31 Å². The minimum absolute atomic E-state index is 0.0623. The van der Waals surface area contributed by atoms with E-state index in [1.54, 1.807) is 4.31 Å². The smallest absolute Gasteiger partial charge is 0.211 e. The molecule has 30 heavy (non-hydrogen) atoms. The van der Waals surface area contributed by atoms with E-state index in [9.17, 15) is 13.5 Å². The van der Waals surface area contributed by atoms with E-state index in [0.717, 1.165) is 64.6 Å². The van der Waals surface area contributed by atoms with Gasteiger partial charge in [-0.05, 0) is 69.7 Å². The predicted octanol–water partition coefficient (Wildman–Crippen LogP) is 2.60. The third-order valence-corrected chi connectivity index (χ3v) is 8.65. The summed E-state index contributed by atoms with van der Waals surface area (Å²) < 4.78 is 26.6. The number of hydrogen-bond acceptors (Lipinski definition) is 5. The molecular weight excluding hydrogens is 398 g/mol. The molecule has 3 aliphatic heterocycles. The monoisotopic (exact) mass is 435 g/mol. The molecule has 1 aromatic carbocycles. The summed E-state index contributed by atoms with van der Waals surface area (Å²) in [6.07, 6.45) is 7.82. The predicted molar refractivity (Wildman–Crippen MR) is 121 cm³/mol. The van der Waals surface area contributed by atoms with E-state index in [1.807, 2.05) is 0 Å². The standard InChI is InChI=1S/C23H37N3O3S/c1-19-7-5-8-20(17-19)24-15-11-23(27,12-16-24)18-25-13-6-10-22-21(25)9-3-4-14-26(22)30(2,28)29/h5,7-8,17,21-22,27H,3-4,6,9-16,18H2,1-2H3/t21-,22-/m1/s1. The maximum absolute atomic E-state index is 12.4. The van der Waals surface area contributed by atoms with Crippen molar-refractivity contribution in [2.45, 2.75) is 69.6 Å². The number of aliphatic hydroxyl groups is 1. The van der Waals surface area contributed by atoms with Crippen LogP contribution in [0.4, 0.5) is 5.69 Å². The molecule has 0 aromatic heterocycles. The van der Waals surface area contributed by atoms with Crippen LogP contribution in [0.25, 0.3) is 0 Å². The molecule has 0 radical (unpaired) electrons. The molecule has 1 aromatic rings. The number of benzene rings is 1. The van der Waals surface area contributed by atoms with E-state index in [2.05, 4.69) is 41.0 Å². The maximum Gasteiger partial charge on any atom is 0.211 e. The Balaban J connectivity index is 1.43. The quantitative estimate of drug-likeness (QED) is 0.788. The Labute approximate surface area is 181 Å². The van der Waals surface area contributed by atoms with Crippen LogP contribution in [-0.4, -0.2) is 79.4 Å². The van der Waals surface area contributed by atoms with Gasteiger partial charge in [0.1, 0.15) is 0 Å². The molecule has 3 saturated heterocycles. The molecule has 3 heterocycles. The summed E-state index contributed by atoms with van der Waals surface area (Å²) in [5.74, 6) is 0. The van der Waals surface area contributed by atoms with Crippen LogP contribution >= 0.6 is 0 Å². The van der Waals surface area contributed by atoms with Gasteiger partial charge in [-0.1, -0.05) is 18.6 Å². The van der Waals surface area contributed by atoms with E-state index < -0.39 is 15.6 Å². The van der Waals surface area contributed by atoms with Crippen LogP contribution in [0.1, 0.15) is 50.5 Å². The Bertz CT molecular complexity index is 836. The van der Waals surface area contributed by atoms with Gasteiger partial charge in [-0.25, -0.2) is 8.42 Å². The summed E-state index contributed by atoms with van der Waals surface area (Å²) in [5.41, 5.74) is 1.81. The lowest BCUT2D eigenvalue weighted by atomic mass is 9.87. The first kappa shape index (κ1) is 22.1. The molecule has 0 aliphatic carbocycles. The zero-order valence-electron chi connectivity index (χ0n) is 18.5. The molecule has 4 rings (SSSR count). The number of sulfonamides is 1. The van der Waals surface area contributed by atoms with Gasteiger partial charge >= 0.3 is 0 Å². The summed E-state index contributed by atoms with van der Waals surface area (Å²) in [6.45, 7) is 6.09. The fourth-order valence-electron chi connectivity index (χ4n) is 5.75. The lowest BCUT2D eigenvalue weighted by molar-refractivity contribution is -0.0436. The van der Waals surface area contributed by atoms with Gasteiger partial charge in [0.25, 0.3) is 0 Å². The molecule has 7 heteroatoms. The van der Waals surface area contributed by atoms with Gasteiger partial charge in [0, 0.05) is 44.0 Å². The lowest BCUT2D eigenvalue weighted by Crippen LogP contribution is -2.60. The number of β-amino-alcohol motifs (C(OH)–C–C–N with tert-alkyl or cyclic N) is 1. The number of aryl methyl sites for hydroxylation is 1. The van der Waals surface area contributed by atoms with Gasteiger partial charge in [0.15, 0.2) is 0 Å². The zero-order valence-corrected chi connectivity index (χ0v) is 19.3. The number of nitrogens with zero attached hydrogens (tertiary/aromatic N) is 3. The van der Waals surface area contributed by atoms with Crippen LogP contribution in [0, 0.1) is 6.92 Å². The van der Waals surface area contributed by atoms with E-state index in [0.29, 0.717) is 13.1 Å². The third kappa shape index (κ3) is 4.85. The summed E-state index contributed by atoms with van der Waals surface area (Å²) in [7, 11) is -3.20. The van der Waals surface area contributed by atoms with Gasteiger partial charge in [-0.3, -0.25) is 4.90 Å². The number of rotatable bonds is 4. The van der Waals surface area contributed by atoms with Crippen molar-refractivity contribution in [3.63, 3.8) is 0 Å². The Hall–Kier alpha value is -1.15. The van der Waals surface area contributed by atoms with E-state index in [-0.39, 0.29) is 12.1 Å². The largest absolute Gasteiger partial charge is 0.388 e. The second kappa shape index (κ2) is 8.77. The molecule has 0 amide bonds.